The zero-order valence-electron chi connectivity index (χ0n) is 9.47. The van der Waals surface area contributed by atoms with Crippen molar-refractivity contribution in [2.75, 3.05) is 6.61 Å². The van der Waals surface area contributed by atoms with Gasteiger partial charge in [-0.1, -0.05) is 11.6 Å². The molecule has 0 fully saturated rings. The van der Waals surface area contributed by atoms with Gasteiger partial charge < -0.3 is 4.74 Å². The molecule has 0 bridgehead atoms. The number of halogens is 3. The molecule has 0 amide bonds. The topological polar surface area (TPSA) is 39.2 Å². The van der Waals surface area contributed by atoms with Gasteiger partial charge in [-0.05, 0) is 31.0 Å². The minimum absolute atomic E-state index is 0.0119. The SMILES string of the molecule is CCOC(=O)Cc1cc(C(F)F)nc(Cl)c1C. The molecule has 1 aromatic rings. The number of pyridine rings is 1. The van der Waals surface area contributed by atoms with Crippen molar-refractivity contribution in [1.82, 2.24) is 4.98 Å². The molecule has 6 heteroatoms. The minimum Gasteiger partial charge on any atom is -0.466 e. The van der Waals surface area contributed by atoms with E-state index < -0.39 is 18.1 Å². The highest BCUT2D eigenvalue weighted by Crippen LogP contribution is 2.24. The van der Waals surface area contributed by atoms with Crippen LogP contribution in [0, 0.1) is 6.92 Å². The summed E-state index contributed by atoms with van der Waals surface area (Å²) in [6.07, 6.45) is -2.80. The van der Waals surface area contributed by atoms with Gasteiger partial charge in [0.15, 0.2) is 0 Å². The molecule has 0 aliphatic heterocycles. The van der Waals surface area contributed by atoms with E-state index in [1.54, 1.807) is 13.8 Å². The van der Waals surface area contributed by atoms with Crippen LogP contribution in [0.1, 0.15) is 30.2 Å². The van der Waals surface area contributed by atoms with Crippen molar-refractivity contribution in [2.24, 2.45) is 0 Å². The number of rotatable bonds is 4. The summed E-state index contributed by atoms with van der Waals surface area (Å²) in [5, 5.41) is -0.0119. The van der Waals surface area contributed by atoms with Gasteiger partial charge >= 0.3 is 5.97 Å². The molecule has 1 aromatic heterocycles. The van der Waals surface area contributed by atoms with Crippen molar-refractivity contribution in [2.45, 2.75) is 26.7 Å². The number of esters is 1. The highest BCUT2D eigenvalue weighted by atomic mass is 35.5. The smallest absolute Gasteiger partial charge is 0.310 e. The van der Waals surface area contributed by atoms with Gasteiger partial charge in [0.1, 0.15) is 10.8 Å². The fraction of sp³-hybridized carbons (Fsp3) is 0.455. The lowest BCUT2D eigenvalue weighted by molar-refractivity contribution is -0.142. The summed E-state index contributed by atoms with van der Waals surface area (Å²) >= 11 is 5.73. The molecule has 1 heterocycles. The average molecular weight is 264 g/mol. The van der Waals surface area contributed by atoms with Crippen LogP contribution >= 0.6 is 11.6 Å². The Bertz CT molecular complexity index is 424. The van der Waals surface area contributed by atoms with Crippen molar-refractivity contribution in [1.29, 1.82) is 0 Å². The van der Waals surface area contributed by atoms with E-state index in [0.29, 0.717) is 11.1 Å². The van der Waals surface area contributed by atoms with Crippen LogP contribution in [0.25, 0.3) is 0 Å². The number of alkyl halides is 2. The second kappa shape index (κ2) is 5.91. The van der Waals surface area contributed by atoms with Crippen molar-refractivity contribution in [3.63, 3.8) is 0 Å². The van der Waals surface area contributed by atoms with Gasteiger partial charge in [0.25, 0.3) is 6.43 Å². The van der Waals surface area contributed by atoms with Gasteiger partial charge in [0.05, 0.1) is 13.0 Å². The number of carbonyl (C=O) groups excluding carboxylic acids is 1. The summed E-state index contributed by atoms with van der Waals surface area (Å²) in [5.41, 5.74) is 0.503. The zero-order valence-corrected chi connectivity index (χ0v) is 10.2. The first-order valence-electron chi connectivity index (χ1n) is 5.05. The number of carbonyl (C=O) groups is 1. The summed E-state index contributed by atoms with van der Waals surface area (Å²) in [5.74, 6) is -0.474. The first-order valence-corrected chi connectivity index (χ1v) is 5.43. The molecule has 0 aliphatic rings. The first-order chi connectivity index (χ1) is 7.95. The Morgan fingerprint density at radius 3 is 2.76 bits per heavy atom. The quantitative estimate of drug-likeness (QED) is 0.619. The Morgan fingerprint density at radius 1 is 1.59 bits per heavy atom. The molecule has 0 N–H and O–H groups in total. The van der Waals surface area contributed by atoms with Crippen LogP contribution in [0.2, 0.25) is 5.15 Å². The number of aromatic nitrogens is 1. The summed E-state index contributed by atoms with van der Waals surface area (Å²) in [4.78, 5) is 14.8. The van der Waals surface area contributed by atoms with E-state index in [4.69, 9.17) is 16.3 Å². The molecule has 0 aromatic carbocycles. The summed E-state index contributed by atoms with van der Waals surface area (Å²) in [6.45, 7) is 3.55. The number of hydrogen-bond donors (Lipinski definition) is 0. The van der Waals surface area contributed by atoms with Gasteiger partial charge in [0, 0.05) is 0 Å². The fourth-order valence-electron chi connectivity index (χ4n) is 1.31. The third-order valence-electron chi connectivity index (χ3n) is 2.20. The lowest BCUT2D eigenvalue weighted by Gasteiger charge is -2.09. The van der Waals surface area contributed by atoms with E-state index >= 15 is 0 Å². The third kappa shape index (κ3) is 3.63. The van der Waals surface area contributed by atoms with E-state index in [9.17, 15) is 13.6 Å². The van der Waals surface area contributed by atoms with Crippen LogP contribution in [0.15, 0.2) is 6.07 Å². The van der Waals surface area contributed by atoms with E-state index in [2.05, 4.69) is 4.98 Å². The highest BCUT2D eigenvalue weighted by Gasteiger charge is 2.16. The maximum absolute atomic E-state index is 12.5. The number of hydrogen-bond acceptors (Lipinski definition) is 3. The van der Waals surface area contributed by atoms with E-state index in [1.807, 2.05) is 0 Å². The maximum atomic E-state index is 12.5. The monoisotopic (exact) mass is 263 g/mol. The van der Waals surface area contributed by atoms with Crippen LogP contribution < -0.4 is 0 Å². The Hall–Kier alpha value is -1.23. The van der Waals surface area contributed by atoms with E-state index in [-0.39, 0.29) is 18.2 Å². The van der Waals surface area contributed by atoms with Crippen molar-refractivity contribution < 1.29 is 18.3 Å². The van der Waals surface area contributed by atoms with E-state index in [1.165, 1.54) is 6.07 Å². The molecule has 94 valence electrons. The normalized spacial score (nSPS) is 10.7. The lowest BCUT2D eigenvalue weighted by atomic mass is 10.1. The molecule has 0 saturated heterocycles. The van der Waals surface area contributed by atoms with Gasteiger partial charge in [-0.15, -0.1) is 0 Å². The third-order valence-corrected chi connectivity index (χ3v) is 2.57. The second-order valence-electron chi connectivity index (χ2n) is 3.40. The number of nitrogens with zero attached hydrogens (tertiary/aromatic N) is 1. The van der Waals surface area contributed by atoms with Crippen molar-refractivity contribution in [3.8, 4) is 0 Å². The maximum Gasteiger partial charge on any atom is 0.310 e. The molecule has 17 heavy (non-hydrogen) atoms. The summed E-state index contributed by atoms with van der Waals surface area (Å²) in [6, 6.07) is 1.18. The molecular weight excluding hydrogens is 252 g/mol. The standard InChI is InChI=1S/C11H12ClF2NO2/c1-3-17-9(16)5-7-4-8(11(13)14)15-10(12)6(7)2/h4,11H,3,5H2,1-2H3. The fourth-order valence-corrected chi connectivity index (χ4v) is 1.53. The first kappa shape index (κ1) is 13.8. The highest BCUT2D eigenvalue weighted by molar-refractivity contribution is 6.30. The van der Waals surface area contributed by atoms with Gasteiger partial charge in [-0.25, -0.2) is 13.8 Å². The minimum atomic E-state index is -2.71. The molecule has 0 atom stereocenters. The second-order valence-corrected chi connectivity index (χ2v) is 3.76. The Morgan fingerprint density at radius 2 is 2.24 bits per heavy atom. The van der Waals surface area contributed by atoms with Crippen LogP contribution in [0.3, 0.4) is 0 Å². The molecule has 0 radical (unpaired) electrons. The molecule has 0 aliphatic carbocycles. The van der Waals surface area contributed by atoms with Crippen molar-refractivity contribution in [3.05, 3.63) is 28.0 Å². The van der Waals surface area contributed by atoms with Gasteiger partial charge in [-0.3, -0.25) is 4.79 Å². The lowest BCUT2D eigenvalue weighted by Crippen LogP contribution is -2.10. The van der Waals surface area contributed by atoms with Gasteiger partial charge in [-0.2, -0.15) is 0 Å². The average Bonchev–Trinajstić information content (AvgIpc) is 2.24. The Kier molecular flexibility index (Phi) is 4.81. The zero-order chi connectivity index (χ0) is 13.0. The molecule has 1 rings (SSSR count). The van der Waals surface area contributed by atoms with Gasteiger partial charge in [0.2, 0.25) is 0 Å². The summed E-state index contributed by atoms with van der Waals surface area (Å²) < 4.78 is 29.8. The van der Waals surface area contributed by atoms with Crippen LogP contribution in [0.5, 0.6) is 0 Å². The van der Waals surface area contributed by atoms with E-state index in [0.717, 1.165) is 0 Å². The predicted octanol–water partition coefficient (Wildman–Crippen LogP) is 3.09. The Labute approximate surface area is 103 Å². The Balaban J connectivity index is 3.01. The molecule has 0 unspecified atom stereocenters. The summed E-state index contributed by atoms with van der Waals surface area (Å²) in [7, 11) is 0. The molecular formula is C11H12ClF2NO2. The predicted molar refractivity (Wildman–Crippen MR) is 59.3 cm³/mol. The number of ether oxygens (including phenoxy) is 1. The largest absolute Gasteiger partial charge is 0.466 e. The van der Waals surface area contributed by atoms with Crippen LogP contribution in [0.4, 0.5) is 8.78 Å². The van der Waals surface area contributed by atoms with Crippen LogP contribution in [-0.4, -0.2) is 17.6 Å². The molecule has 0 saturated carbocycles. The van der Waals surface area contributed by atoms with Crippen molar-refractivity contribution >= 4 is 17.6 Å². The van der Waals surface area contributed by atoms with Crippen LogP contribution in [-0.2, 0) is 16.0 Å². The molecule has 3 nitrogen and oxygen atoms in total. The molecule has 0 spiro atoms.